The van der Waals surface area contributed by atoms with Crippen molar-refractivity contribution in [3.8, 4) is 0 Å². The van der Waals surface area contributed by atoms with Crippen molar-refractivity contribution < 1.29 is 13.9 Å². The van der Waals surface area contributed by atoms with E-state index in [4.69, 9.17) is 4.74 Å². The summed E-state index contributed by atoms with van der Waals surface area (Å²) in [5.74, 6) is -0.293. The average molecular weight is 182 g/mol. The van der Waals surface area contributed by atoms with Gasteiger partial charge < -0.3 is 9.53 Å². The fraction of sp³-hybridized carbons (Fsp3) is 0.300. The molecule has 0 aliphatic heterocycles. The van der Waals surface area contributed by atoms with E-state index in [0.29, 0.717) is 12.7 Å². The first-order valence-electron chi connectivity index (χ1n) is 3.99. The summed E-state index contributed by atoms with van der Waals surface area (Å²) in [5.41, 5.74) is 0.763. The molecule has 0 bridgehead atoms. The molecule has 0 aromatic heterocycles. The molecule has 0 saturated heterocycles. The molecule has 0 N–H and O–H groups in total. The molecule has 3 heteroatoms. The van der Waals surface area contributed by atoms with E-state index in [9.17, 15) is 9.18 Å². The monoisotopic (exact) mass is 182 g/mol. The molecular formula is C10H11FO2. The molecule has 0 heterocycles. The van der Waals surface area contributed by atoms with Crippen LogP contribution in [0.3, 0.4) is 0 Å². The average Bonchev–Trinajstić information content (AvgIpc) is 2.14. The van der Waals surface area contributed by atoms with E-state index in [1.807, 2.05) is 0 Å². The molecule has 1 atom stereocenters. The molecule has 1 aromatic carbocycles. The second-order valence-corrected chi connectivity index (χ2v) is 2.74. The number of carbonyl (C=O) groups excluding carboxylic acids is 1. The minimum absolute atomic E-state index is 0.293. The Morgan fingerprint density at radius 2 is 2.38 bits per heavy atom. The number of aldehydes is 1. The van der Waals surface area contributed by atoms with Crippen LogP contribution in [0.25, 0.3) is 0 Å². The number of methoxy groups -OCH3 is 1. The largest absolute Gasteiger partial charge is 0.374 e. The van der Waals surface area contributed by atoms with Crippen molar-refractivity contribution in [2.24, 2.45) is 0 Å². The quantitative estimate of drug-likeness (QED) is 0.661. The smallest absolute Gasteiger partial charge is 0.149 e. The Kier molecular flexibility index (Phi) is 3.58. The molecule has 0 saturated carbocycles. The summed E-state index contributed by atoms with van der Waals surface area (Å²) in [5, 5.41) is 0. The zero-order valence-corrected chi connectivity index (χ0v) is 7.37. The Balaban J connectivity index is 2.67. The first-order chi connectivity index (χ1) is 6.26. The van der Waals surface area contributed by atoms with Crippen LogP contribution >= 0.6 is 0 Å². The number of hydrogen-bond acceptors (Lipinski definition) is 2. The lowest BCUT2D eigenvalue weighted by Crippen LogP contribution is -2.15. The van der Waals surface area contributed by atoms with Crippen LogP contribution in [0.2, 0.25) is 0 Å². The van der Waals surface area contributed by atoms with E-state index in [1.54, 1.807) is 12.1 Å². The van der Waals surface area contributed by atoms with Crippen molar-refractivity contribution >= 4 is 6.29 Å². The number of ether oxygens (including phenoxy) is 1. The molecular weight excluding hydrogens is 171 g/mol. The number of halogens is 1. The first-order valence-corrected chi connectivity index (χ1v) is 3.99. The molecule has 1 unspecified atom stereocenters. The van der Waals surface area contributed by atoms with Crippen LogP contribution in [0.1, 0.15) is 5.56 Å². The SMILES string of the molecule is COC(C=O)Cc1cccc(F)c1. The van der Waals surface area contributed by atoms with Crippen molar-refractivity contribution in [3.63, 3.8) is 0 Å². The van der Waals surface area contributed by atoms with Gasteiger partial charge in [-0.25, -0.2) is 4.39 Å². The summed E-state index contributed by atoms with van der Waals surface area (Å²) < 4.78 is 17.5. The highest BCUT2D eigenvalue weighted by atomic mass is 19.1. The fourth-order valence-corrected chi connectivity index (χ4v) is 1.08. The lowest BCUT2D eigenvalue weighted by molar-refractivity contribution is -0.116. The van der Waals surface area contributed by atoms with Gasteiger partial charge in [0, 0.05) is 13.5 Å². The zero-order chi connectivity index (χ0) is 9.68. The Labute approximate surface area is 76.3 Å². The zero-order valence-electron chi connectivity index (χ0n) is 7.37. The fourth-order valence-electron chi connectivity index (χ4n) is 1.08. The molecule has 0 fully saturated rings. The third-order valence-electron chi connectivity index (χ3n) is 1.78. The molecule has 1 rings (SSSR count). The van der Waals surface area contributed by atoms with Crippen molar-refractivity contribution in [3.05, 3.63) is 35.6 Å². The summed E-state index contributed by atoms with van der Waals surface area (Å²) in [4.78, 5) is 10.4. The van der Waals surface area contributed by atoms with Crippen LogP contribution in [0.5, 0.6) is 0 Å². The van der Waals surface area contributed by atoms with E-state index in [1.165, 1.54) is 19.2 Å². The van der Waals surface area contributed by atoms with Gasteiger partial charge in [0.2, 0.25) is 0 Å². The van der Waals surface area contributed by atoms with Crippen LogP contribution < -0.4 is 0 Å². The summed E-state index contributed by atoms with van der Waals surface area (Å²) >= 11 is 0. The number of benzene rings is 1. The van der Waals surface area contributed by atoms with Gasteiger partial charge in [-0.1, -0.05) is 12.1 Å². The van der Waals surface area contributed by atoms with E-state index in [0.717, 1.165) is 5.56 Å². The second-order valence-electron chi connectivity index (χ2n) is 2.74. The van der Waals surface area contributed by atoms with Gasteiger partial charge in [-0.15, -0.1) is 0 Å². The second kappa shape index (κ2) is 4.72. The maximum Gasteiger partial charge on any atom is 0.149 e. The molecule has 2 nitrogen and oxygen atoms in total. The summed E-state index contributed by atoms with van der Waals surface area (Å²) in [7, 11) is 1.46. The van der Waals surface area contributed by atoms with Crippen molar-refractivity contribution in [2.45, 2.75) is 12.5 Å². The molecule has 13 heavy (non-hydrogen) atoms. The Bertz CT molecular complexity index is 286. The van der Waals surface area contributed by atoms with Gasteiger partial charge in [-0.2, -0.15) is 0 Å². The van der Waals surface area contributed by atoms with E-state index < -0.39 is 6.10 Å². The third kappa shape index (κ3) is 2.95. The number of carbonyl (C=O) groups is 1. The van der Waals surface area contributed by atoms with E-state index in [-0.39, 0.29) is 5.82 Å². The van der Waals surface area contributed by atoms with E-state index >= 15 is 0 Å². The Hall–Kier alpha value is -1.22. The van der Waals surface area contributed by atoms with Crippen LogP contribution in [0, 0.1) is 5.82 Å². The molecule has 0 aliphatic carbocycles. The van der Waals surface area contributed by atoms with Gasteiger partial charge in [-0.3, -0.25) is 0 Å². The van der Waals surface area contributed by atoms with Gasteiger partial charge in [0.25, 0.3) is 0 Å². The molecule has 70 valence electrons. The van der Waals surface area contributed by atoms with Gasteiger partial charge in [0.15, 0.2) is 0 Å². The normalized spacial score (nSPS) is 12.5. The predicted molar refractivity (Wildman–Crippen MR) is 47.0 cm³/mol. The van der Waals surface area contributed by atoms with E-state index in [2.05, 4.69) is 0 Å². The van der Waals surface area contributed by atoms with Crippen molar-refractivity contribution in [1.82, 2.24) is 0 Å². The van der Waals surface area contributed by atoms with Crippen molar-refractivity contribution in [2.75, 3.05) is 7.11 Å². The predicted octanol–water partition coefficient (Wildman–Crippen LogP) is 1.58. The number of rotatable bonds is 4. The number of hydrogen-bond donors (Lipinski definition) is 0. The summed E-state index contributed by atoms with van der Waals surface area (Å²) in [6, 6.07) is 6.14. The molecule has 1 aromatic rings. The van der Waals surface area contributed by atoms with Crippen LogP contribution in [0.4, 0.5) is 4.39 Å². The lowest BCUT2D eigenvalue weighted by Gasteiger charge is -2.07. The minimum Gasteiger partial charge on any atom is -0.374 e. The summed E-state index contributed by atoms with van der Waals surface area (Å²) in [6.45, 7) is 0. The van der Waals surface area contributed by atoms with Crippen LogP contribution in [0.15, 0.2) is 24.3 Å². The maximum absolute atomic E-state index is 12.7. The Morgan fingerprint density at radius 1 is 1.62 bits per heavy atom. The topological polar surface area (TPSA) is 26.3 Å². The third-order valence-corrected chi connectivity index (χ3v) is 1.78. The molecule has 0 amide bonds. The lowest BCUT2D eigenvalue weighted by atomic mass is 10.1. The molecule has 0 spiro atoms. The van der Waals surface area contributed by atoms with Gasteiger partial charge in [-0.05, 0) is 17.7 Å². The Morgan fingerprint density at radius 3 is 2.92 bits per heavy atom. The highest BCUT2D eigenvalue weighted by molar-refractivity contribution is 5.56. The highest BCUT2D eigenvalue weighted by Crippen LogP contribution is 2.06. The molecule has 0 aliphatic rings. The van der Waals surface area contributed by atoms with Gasteiger partial charge in [0.05, 0.1) is 0 Å². The van der Waals surface area contributed by atoms with Gasteiger partial charge in [0.1, 0.15) is 18.2 Å². The first kappa shape index (κ1) is 9.86. The molecule has 0 radical (unpaired) electrons. The van der Waals surface area contributed by atoms with Gasteiger partial charge >= 0.3 is 0 Å². The minimum atomic E-state index is -0.484. The van der Waals surface area contributed by atoms with Crippen molar-refractivity contribution in [1.29, 1.82) is 0 Å². The summed E-state index contributed by atoms with van der Waals surface area (Å²) in [6.07, 6.45) is 0.643. The maximum atomic E-state index is 12.7. The van der Waals surface area contributed by atoms with Crippen LogP contribution in [-0.2, 0) is 16.0 Å². The highest BCUT2D eigenvalue weighted by Gasteiger charge is 2.06. The standard InChI is InChI=1S/C10H11FO2/c1-13-10(7-12)6-8-3-2-4-9(11)5-8/h2-5,7,10H,6H2,1H3. The van der Waals surface area contributed by atoms with Crippen LogP contribution in [-0.4, -0.2) is 19.5 Å².